The number of hydrogen-bond donors (Lipinski definition) is 2. The van der Waals surface area contributed by atoms with E-state index in [1.54, 1.807) is 4.90 Å². The van der Waals surface area contributed by atoms with Crippen molar-refractivity contribution in [1.29, 1.82) is 0 Å². The van der Waals surface area contributed by atoms with Crippen LogP contribution in [0.1, 0.15) is 12.2 Å². The molecule has 3 rings (SSSR count). The van der Waals surface area contributed by atoms with Crippen molar-refractivity contribution in [2.45, 2.75) is 12.8 Å². The average molecular weight is 302 g/mol. The fraction of sp³-hybridized carbons (Fsp3) is 0.375. The van der Waals surface area contributed by atoms with Crippen molar-refractivity contribution in [3.63, 3.8) is 0 Å². The summed E-state index contributed by atoms with van der Waals surface area (Å²) in [5.74, 6) is -0.454. The van der Waals surface area contributed by atoms with Gasteiger partial charge in [0.1, 0.15) is 11.3 Å². The lowest BCUT2D eigenvalue weighted by molar-refractivity contribution is -0.141. The molecule has 0 radical (unpaired) electrons. The number of carboxylic acid groups (broad SMARTS) is 1. The van der Waals surface area contributed by atoms with E-state index in [9.17, 15) is 9.59 Å². The maximum absolute atomic E-state index is 12.0. The van der Waals surface area contributed by atoms with Gasteiger partial charge in [-0.3, -0.25) is 4.79 Å². The van der Waals surface area contributed by atoms with Gasteiger partial charge in [0.15, 0.2) is 0 Å². The third-order valence-corrected chi connectivity index (χ3v) is 3.95. The van der Waals surface area contributed by atoms with Crippen molar-refractivity contribution in [1.82, 2.24) is 10.2 Å². The Hall–Kier alpha value is -2.50. The zero-order valence-corrected chi connectivity index (χ0v) is 12.1. The SMILES string of the molecule is O=C(O)C1CCN(C(=O)NCCc2cc3ccccc3o2)C1. The lowest BCUT2D eigenvalue weighted by Crippen LogP contribution is -2.39. The van der Waals surface area contributed by atoms with Crippen LogP contribution >= 0.6 is 0 Å². The maximum atomic E-state index is 12.0. The Labute approximate surface area is 127 Å². The van der Waals surface area contributed by atoms with Crippen LogP contribution in [0, 0.1) is 5.92 Å². The van der Waals surface area contributed by atoms with E-state index >= 15 is 0 Å². The summed E-state index contributed by atoms with van der Waals surface area (Å²) in [5, 5.41) is 12.8. The normalized spacial score (nSPS) is 17.8. The van der Waals surface area contributed by atoms with E-state index in [0.29, 0.717) is 25.9 Å². The molecule has 1 unspecified atom stereocenters. The molecule has 2 amide bonds. The summed E-state index contributed by atoms with van der Waals surface area (Å²) in [6.45, 7) is 1.24. The highest BCUT2D eigenvalue weighted by Crippen LogP contribution is 2.19. The van der Waals surface area contributed by atoms with E-state index in [1.165, 1.54) is 0 Å². The van der Waals surface area contributed by atoms with Crippen LogP contribution in [0.4, 0.5) is 4.79 Å². The lowest BCUT2D eigenvalue weighted by atomic mass is 10.1. The Kier molecular flexibility index (Phi) is 4.00. The first-order valence-electron chi connectivity index (χ1n) is 7.36. The Morgan fingerprint density at radius 3 is 2.91 bits per heavy atom. The third-order valence-electron chi connectivity index (χ3n) is 3.95. The highest BCUT2D eigenvalue weighted by Gasteiger charge is 2.30. The van der Waals surface area contributed by atoms with E-state index in [4.69, 9.17) is 9.52 Å². The Morgan fingerprint density at radius 2 is 2.18 bits per heavy atom. The molecular weight excluding hydrogens is 284 g/mol. The number of carbonyl (C=O) groups excluding carboxylic acids is 1. The van der Waals surface area contributed by atoms with Crippen molar-refractivity contribution in [2.75, 3.05) is 19.6 Å². The van der Waals surface area contributed by atoms with Crippen LogP contribution < -0.4 is 5.32 Å². The summed E-state index contributed by atoms with van der Waals surface area (Å²) < 4.78 is 5.68. The number of furan rings is 1. The number of aliphatic carboxylic acids is 1. The van der Waals surface area contributed by atoms with Gasteiger partial charge in [0, 0.05) is 31.4 Å². The number of nitrogens with zero attached hydrogens (tertiary/aromatic N) is 1. The van der Waals surface area contributed by atoms with E-state index in [1.807, 2.05) is 30.3 Å². The molecule has 0 bridgehead atoms. The lowest BCUT2D eigenvalue weighted by Gasteiger charge is -2.16. The molecule has 1 aromatic carbocycles. The first-order valence-corrected chi connectivity index (χ1v) is 7.36. The molecule has 6 heteroatoms. The molecule has 116 valence electrons. The number of fused-ring (bicyclic) bond motifs is 1. The molecule has 1 aliphatic heterocycles. The molecule has 0 spiro atoms. The quantitative estimate of drug-likeness (QED) is 0.906. The number of nitrogens with one attached hydrogen (secondary N) is 1. The Bertz CT molecular complexity index is 661. The number of para-hydroxylation sites is 1. The molecule has 1 aliphatic rings. The largest absolute Gasteiger partial charge is 0.481 e. The van der Waals surface area contributed by atoms with Gasteiger partial charge in [0.2, 0.25) is 0 Å². The first kappa shape index (κ1) is 14.4. The van der Waals surface area contributed by atoms with Crippen LogP contribution in [-0.4, -0.2) is 41.6 Å². The number of urea groups is 1. The van der Waals surface area contributed by atoms with Gasteiger partial charge in [-0.05, 0) is 18.6 Å². The molecule has 6 nitrogen and oxygen atoms in total. The minimum atomic E-state index is -0.836. The summed E-state index contributed by atoms with van der Waals surface area (Å²) in [4.78, 5) is 24.4. The van der Waals surface area contributed by atoms with Crippen LogP contribution in [0.2, 0.25) is 0 Å². The summed E-state index contributed by atoms with van der Waals surface area (Å²) in [5.41, 5.74) is 0.840. The number of rotatable bonds is 4. The summed E-state index contributed by atoms with van der Waals surface area (Å²) >= 11 is 0. The second-order valence-electron chi connectivity index (χ2n) is 5.50. The van der Waals surface area contributed by atoms with Gasteiger partial charge in [-0.25, -0.2) is 4.79 Å². The number of amides is 2. The van der Waals surface area contributed by atoms with Gasteiger partial charge in [-0.1, -0.05) is 18.2 Å². The molecule has 1 saturated heterocycles. The third kappa shape index (κ3) is 3.05. The summed E-state index contributed by atoms with van der Waals surface area (Å²) in [6, 6.07) is 9.53. The number of hydrogen-bond acceptors (Lipinski definition) is 3. The molecule has 1 atom stereocenters. The van der Waals surface area contributed by atoms with Crippen molar-refractivity contribution in [3.8, 4) is 0 Å². The highest BCUT2D eigenvalue weighted by atomic mass is 16.4. The number of carbonyl (C=O) groups is 2. The summed E-state index contributed by atoms with van der Waals surface area (Å²) in [7, 11) is 0. The number of likely N-dealkylation sites (tertiary alicyclic amines) is 1. The van der Waals surface area contributed by atoms with Gasteiger partial charge >= 0.3 is 12.0 Å². The van der Waals surface area contributed by atoms with Gasteiger partial charge in [0.05, 0.1) is 5.92 Å². The topological polar surface area (TPSA) is 82.8 Å². The van der Waals surface area contributed by atoms with E-state index < -0.39 is 11.9 Å². The van der Waals surface area contributed by atoms with Crippen LogP contribution in [0.5, 0.6) is 0 Å². The molecule has 22 heavy (non-hydrogen) atoms. The molecule has 0 aliphatic carbocycles. The predicted molar refractivity (Wildman–Crippen MR) is 80.6 cm³/mol. The fourth-order valence-electron chi connectivity index (χ4n) is 2.71. The first-order chi connectivity index (χ1) is 10.6. The molecule has 2 heterocycles. The molecule has 2 N–H and O–H groups in total. The maximum Gasteiger partial charge on any atom is 0.317 e. The van der Waals surface area contributed by atoms with Crippen LogP contribution in [0.15, 0.2) is 34.7 Å². The van der Waals surface area contributed by atoms with Gasteiger partial charge in [-0.15, -0.1) is 0 Å². The second kappa shape index (κ2) is 6.09. The Morgan fingerprint density at radius 1 is 1.36 bits per heavy atom. The smallest absolute Gasteiger partial charge is 0.317 e. The number of carboxylic acids is 1. The van der Waals surface area contributed by atoms with Crippen molar-refractivity contribution in [2.24, 2.45) is 5.92 Å². The monoisotopic (exact) mass is 302 g/mol. The van der Waals surface area contributed by atoms with Crippen molar-refractivity contribution >= 4 is 23.0 Å². The van der Waals surface area contributed by atoms with Gasteiger partial charge in [-0.2, -0.15) is 0 Å². The molecule has 2 aromatic rings. The van der Waals surface area contributed by atoms with E-state index in [0.717, 1.165) is 16.7 Å². The zero-order chi connectivity index (χ0) is 15.5. The standard InChI is InChI=1S/C16H18N2O4/c19-15(20)12-6-8-18(10-12)16(21)17-7-5-13-9-11-3-1-2-4-14(11)22-13/h1-4,9,12H,5-8,10H2,(H,17,21)(H,19,20). The van der Waals surface area contributed by atoms with Gasteiger partial charge in [0.25, 0.3) is 0 Å². The van der Waals surface area contributed by atoms with E-state index in [2.05, 4.69) is 5.32 Å². The van der Waals surface area contributed by atoms with Crippen LogP contribution in [0.3, 0.4) is 0 Å². The average Bonchev–Trinajstić information content (AvgIpc) is 3.13. The Balaban J connectivity index is 1.48. The fourth-order valence-corrected chi connectivity index (χ4v) is 2.71. The van der Waals surface area contributed by atoms with E-state index in [-0.39, 0.29) is 12.6 Å². The minimum Gasteiger partial charge on any atom is -0.481 e. The van der Waals surface area contributed by atoms with Gasteiger partial charge < -0.3 is 19.7 Å². The van der Waals surface area contributed by atoms with Crippen molar-refractivity contribution in [3.05, 3.63) is 36.1 Å². The minimum absolute atomic E-state index is 0.208. The molecule has 0 saturated carbocycles. The predicted octanol–water partition coefficient (Wildman–Crippen LogP) is 2.09. The zero-order valence-electron chi connectivity index (χ0n) is 12.1. The summed E-state index contributed by atoms with van der Waals surface area (Å²) in [6.07, 6.45) is 1.13. The second-order valence-corrected chi connectivity index (χ2v) is 5.50. The highest BCUT2D eigenvalue weighted by molar-refractivity contribution is 5.78. The van der Waals surface area contributed by atoms with Crippen LogP contribution in [-0.2, 0) is 11.2 Å². The van der Waals surface area contributed by atoms with Crippen LogP contribution in [0.25, 0.3) is 11.0 Å². The molecule has 1 aromatic heterocycles. The van der Waals surface area contributed by atoms with Crippen molar-refractivity contribution < 1.29 is 19.1 Å². The molecule has 1 fully saturated rings. The number of benzene rings is 1. The molecular formula is C16H18N2O4.